The lowest BCUT2D eigenvalue weighted by Gasteiger charge is -2.18. The van der Waals surface area contributed by atoms with Crippen LogP contribution in [0.25, 0.3) is 5.69 Å². The molecule has 0 N–H and O–H groups in total. The lowest BCUT2D eigenvalue weighted by molar-refractivity contribution is 0.0734. The van der Waals surface area contributed by atoms with Gasteiger partial charge in [-0.3, -0.25) is 0 Å². The highest BCUT2D eigenvalue weighted by Gasteiger charge is 2.23. The van der Waals surface area contributed by atoms with Crippen LogP contribution in [0.1, 0.15) is 24.2 Å². The highest BCUT2D eigenvalue weighted by Crippen LogP contribution is 2.19. The fourth-order valence-electron chi connectivity index (χ4n) is 2.61. The normalized spacial score (nSPS) is 11.5. The molecule has 0 radical (unpaired) electrons. The van der Waals surface area contributed by atoms with E-state index in [0.717, 1.165) is 0 Å². The largest absolute Gasteiger partial charge is 0.423 e. The van der Waals surface area contributed by atoms with E-state index in [1.807, 2.05) is 0 Å². The van der Waals surface area contributed by atoms with Gasteiger partial charge in [0.25, 0.3) is 0 Å². The van der Waals surface area contributed by atoms with Crippen LogP contribution in [0.4, 0.5) is 0 Å². The topological polar surface area (TPSA) is 107 Å². The average Bonchev–Trinajstić information content (AvgIpc) is 3.24. The Morgan fingerprint density at radius 1 is 1.11 bits per heavy atom. The van der Waals surface area contributed by atoms with E-state index in [1.165, 1.54) is 39.6 Å². The summed E-state index contributed by atoms with van der Waals surface area (Å²) in [7, 11) is -3.66. The van der Waals surface area contributed by atoms with Crippen molar-refractivity contribution in [2.24, 2.45) is 0 Å². The van der Waals surface area contributed by atoms with Crippen LogP contribution in [-0.4, -0.2) is 52.0 Å². The van der Waals surface area contributed by atoms with E-state index in [4.69, 9.17) is 4.74 Å². The van der Waals surface area contributed by atoms with Crippen LogP contribution < -0.4 is 4.74 Å². The van der Waals surface area contributed by atoms with Gasteiger partial charge in [-0.25, -0.2) is 17.9 Å². The Hall–Kier alpha value is -3.11. The van der Waals surface area contributed by atoms with Crippen LogP contribution in [-0.2, 0) is 10.0 Å². The third kappa shape index (κ3) is 4.07. The summed E-state index contributed by atoms with van der Waals surface area (Å²) in [4.78, 5) is 12.5. The van der Waals surface area contributed by atoms with Crippen molar-refractivity contribution in [2.45, 2.75) is 18.7 Å². The SMILES string of the molecule is CCN(CC)S(=O)(=O)c1cccc(C(=O)Oc2ccc(-n3cnnn3)cc2)c1. The smallest absolute Gasteiger partial charge is 0.343 e. The van der Waals surface area contributed by atoms with Gasteiger partial charge in [0.2, 0.25) is 10.0 Å². The van der Waals surface area contributed by atoms with Gasteiger partial charge >= 0.3 is 5.97 Å². The molecule has 1 heterocycles. The summed E-state index contributed by atoms with van der Waals surface area (Å²) in [5, 5.41) is 10.9. The zero-order chi connectivity index (χ0) is 20.1. The number of hydrogen-bond donors (Lipinski definition) is 0. The Balaban J connectivity index is 1.78. The minimum absolute atomic E-state index is 0.0553. The predicted molar refractivity (Wildman–Crippen MR) is 101 cm³/mol. The molecule has 0 spiro atoms. The van der Waals surface area contributed by atoms with Crippen molar-refractivity contribution in [3.05, 3.63) is 60.4 Å². The van der Waals surface area contributed by atoms with E-state index in [0.29, 0.717) is 24.5 Å². The van der Waals surface area contributed by atoms with Gasteiger partial charge in [0, 0.05) is 13.1 Å². The van der Waals surface area contributed by atoms with Gasteiger partial charge in [0.05, 0.1) is 16.1 Å². The van der Waals surface area contributed by atoms with Gasteiger partial charge in [0.1, 0.15) is 12.1 Å². The first-order chi connectivity index (χ1) is 13.5. The molecule has 0 aliphatic carbocycles. The number of tetrazole rings is 1. The zero-order valence-corrected chi connectivity index (χ0v) is 16.2. The maximum atomic E-state index is 12.6. The van der Waals surface area contributed by atoms with Crippen LogP contribution in [0.5, 0.6) is 5.75 Å². The molecule has 2 aromatic carbocycles. The maximum Gasteiger partial charge on any atom is 0.343 e. The van der Waals surface area contributed by atoms with Crippen LogP contribution in [0.3, 0.4) is 0 Å². The van der Waals surface area contributed by atoms with E-state index in [9.17, 15) is 13.2 Å². The fourth-order valence-corrected chi connectivity index (χ4v) is 4.11. The molecule has 0 saturated carbocycles. The van der Waals surface area contributed by atoms with Crippen LogP contribution in [0.2, 0.25) is 0 Å². The van der Waals surface area contributed by atoms with Gasteiger partial charge < -0.3 is 4.74 Å². The van der Waals surface area contributed by atoms with Gasteiger partial charge in [-0.05, 0) is 52.9 Å². The molecular formula is C18H19N5O4S. The summed E-state index contributed by atoms with van der Waals surface area (Å²) < 4.78 is 33.4. The van der Waals surface area contributed by atoms with E-state index in [-0.39, 0.29) is 10.5 Å². The molecule has 0 atom stereocenters. The molecule has 0 bridgehead atoms. The Labute approximate surface area is 162 Å². The molecule has 3 rings (SSSR count). The van der Waals surface area contributed by atoms with Crippen LogP contribution in [0.15, 0.2) is 59.8 Å². The summed E-state index contributed by atoms with van der Waals surface area (Å²) in [6, 6.07) is 12.4. The Morgan fingerprint density at radius 3 is 2.43 bits per heavy atom. The molecule has 0 amide bonds. The molecule has 1 aromatic heterocycles. The highest BCUT2D eigenvalue weighted by atomic mass is 32.2. The molecule has 0 fully saturated rings. The summed E-state index contributed by atoms with van der Waals surface area (Å²) in [5.74, 6) is -0.328. The molecule has 0 aliphatic rings. The number of nitrogens with zero attached hydrogens (tertiary/aromatic N) is 5. The van der Waals surface area contributed by atoms with E-state index in [2.05, 4.69) is 15.5 Å². The van der Waals surface area contributed by atoms with Gasteiger partial charge in [-0.2, -0.15) is 4.31 Å². The van der Waals surface area contributed by atoms with E-state index >= 15 is 0 Å². The highest BCUT2D eigenvalue weighted by molar-refractivity contribution is 7.89. The summed E-state index contributed by atoms with van der Waals surface area (Å²) >= 11 is 0. The van der Waals surface area contributed by atoms with Crippen molar-refractivity contribution in [3.8, 4) is 11.4 Å². The van der Waals surface area contributed by atoms with Gasteiger partial charge in [-0.15, -0.1) is 5.10 Å². The number of benzene rings is 2. The molecule has 0 unspecified atom stereocenters. The first kappa shape index (κ1) is 19.6. The predicted octanol–water partition coefficient (Wildman–Crippen LogP) is 1.91. The fraction of sp³-hybridized carbons (Fsp3) is 0.222. The molecule has 146 valence electrons. The molecule has 0 aliphatic heterocycles. The lowest BCUT2D eigenvalue weighted by atomic mass is 10.2. The van der Waals surface area contributed by atoms with Gasteiger partial charge in [-0.1, -0.05) is 19.9 Å². The number of carbonyl (C=O) groups is 1. The minimum Gasteiger partial charge on any atom is -0.423 e. The number of hydrogen-bond acceptors (Lipinski definition) is 7. The Morgan fingerprint density at radius 2 is 1.82 bits per heavy atom. The second-order valence-electron chi connectivity index (χ2n) is 5.75. The standard InChI is InChI=1S/C18H19N5O4S/c1-3-22(4-2)28(25,26)17-7-5-6-14(12-17)18(24)27-16-10-8-15(9-11-16)23-13-19-20-21-23/h5-13H,3-4H2,1-2H3. The van der Waals surface area contributed by atoms with Crippen molar-refractivity contribution in [1.29, 1.82) is 0 Å². The van der Waals surface area contributed by atoms with Crippen molar-refractivity contribution in [3.63, 3.8) is 0 Å². The summed E-state index contributed by atoms with van der Waals surface area (Å²) in [5.41, 5.74) is 0.856. The first-order valence-corrected chi connectivity index (χ1v) is 10.1. The molecule has 3 aromatic rings. The molecule has 0 saturated heterocycles. The van der Waals surface area contributed by atoms with Crippen molar-refractivity contribution >= 4 is 16.0 Å². The summed E-state index contributed by atoms with van der Waals surface area (Å²) in [6.45, 7) is 4.22. The second-order valence-corrected chi connectivity index (χ2v) is 7.69. The van der Waals surface area contributed by atoms with Crippen LogP contribution in [0, 0.1) is 0 Å². The number of rotatable bonds is 7. The van der Waals surface area contributed by atoms with Crippen molar-refractivity contribution in [1.82, 2.24) is 24.5 Å². The minimum atomic E-state index is -3.66. The second kappa shape index (κ2) is 8.28. The third-order valence-corrected chi connectivity index (χ3v) is 6.12. The number of aromatic nitrogens is 4. The van der Waals surface area contributed by atoms with E-state index < -0.39 is 16.0 Å². The molecule has 10 heteroatoms. The maximum absolute atomic E-state index is 12.6. The number of esters is 1. The zero-order valence-electron chi connectivity index (χ0n) is 15.4. The molecule has 28 heavy (non-hydrogen) atoms. The van der Waals surface area contributed by atoms with Crippen molar-refractivity contribution in [2.75, 3.05) is 13.1 Å². The monoisotopic (exact) mass is 401 g/mol. The van der Waals surface area contributed by atoms with E-state index in [1.54, 1.807) is 38.1 Å². The number of ether oxygens (including phenoxy) is 1. The first-order valence-electron chi connectivity index (χ1n) is 8.61. The Bertz CT molecular complexity index is 1050. The molecular weight excluding hydrogens is 382 g/mol. The quantitative estimate of drug-likeness (QED) is 0.440. The average molecular weight is 401 g/mol. The Kier molecular flexibility index (Phi) is 5.81. The number of carbonyl (C=O) groups excluding carboxylic acids is 1. The van der Waals surface area contributed by atoms with Crippen LogP contribution >= 0.6 is 0 Å². The number of sulfonamides is 1. The third-order valence-electron chi connectivity index (χ3n) is 4.07. The summed E-state index contributed by atoms with van der Waals surface area (Å²) in [6.07, 6.45) is 1.45. The van der Waals surface area contributed by atoms with Crippen molar-refractivity contribution < 1.29 is 17.9 Å². The molecule has 9 nitrogen and oxygen atoms in total. The lowest BCUT2D eigenvalue weighted by Crippen LogP contribution is -2.30. The van der Waals surface area contributed by atoms with Gasteiger partial charge in [0.15, 0.2) is 0 Å².